The molecule has 256 valence electrons. The number of carbonyl (C=O) groups is 3. The molecule has 0 spiro atoms. The van der Waals surface area contributed by atoms with Gasteiger partial charge in [0.15, 0.2) is 0 Å². The quantitative estimate of drug-likeness (QED) is 0.254. The van der Waals surface area contributed by atoms with Crippen molar-refractivity contribution in [2.24, 2.45) is 7.05 Å². The van der Waals surface area contributed by atoms with Crippen LogP contribution in [0.4, 0.5) is 11.6 Å². The Bertz CT molecular complexity index is 1940. The Balaban J connectivity index is 0.00000270. The van der Waals surface area contributed by atoms with Gasteiger partial charge in [-0.05, 0) is 48.5 Å². The largest absolute Gasteiger partial charge is 0.368 e. The number of nitrogens with one attached hydrogen (secondary N) is 2. The van der Waals surface area contributed by atoms with Crippen LogP contribution < -0.4 is 16.4 Å². The zero-order chi connectivity index (χ0) is 33.1. The summed E-state index contributed by atoms with van der Waals surface area (Å²) >= 11 is 6.40. The molecule has 6 rings (SSSR count). The number of hydrogen-bond acceptors (Lipinski definition) is 7. The molecule has 11 nitrogen and oxygen atoms in total. The average molecular weight is 724 g/mol. The molecule has 0 unspecified atom stereocenters. The van der Waals surface area contributed by atoms with E-state index in [0.717, 1.165) is 36.6 Å². The number of piperazine rings is 1. The molecule has 1 fully saturated rings. The van der Waals surface area contributed by atoms with E-state index in [1.165, 1.54) is 0 Å². The van der Waals surface area contributed by atoms with Gasteiger partial charge in [0.2, 0.25) is 11.9 Å². The summed E-state index contributed by atoms with van der Waals surface area (Å²) in [4.78, 5) is 51.4. The number of anilines is 2. The lowest BCUT2D eigenvalue weighted by molar-refractivity contribution is -0.115. The van der Waals surface area contributed by atoms with Gasteiger partial charge in [0, 0.05) is 69.3 Å². The van der Waals surface area contributed by atoms with E-state index >= 15 is 0 Å². The van der Waals surface area contributed by atoms with Gasteiger partial charge in [-0.2, -0.15) is 0 Å². The van der Waals surface area contributed by atoms with Crippen molar-refractivity contribution in [3.63, 3.8) is 0 Å². The molecule has 0 bridgehead atoms. The van der Waals surface area contributed by atoms with E-state index in [1.807, 2.05) is 41.9 Å². The summed E-state index contributed by atoms with van der Waals surface area (Å²) in [5.74, 6) is 5.92. The standard InChI is InChI=1S/C35H35ClN8O3.2ClH/c1-3-43-13-15-44(16-14-43)34(47)26-19-25(9-10-28(26)36)40-31(45)18-23-6-4-5-22(17-23)7-8-24-21-39-35(37)41-32(24)30-20-27-29(42(30)2)11-12-38-33(27)46;;/h4-6,9-10,17,19-21H,3,11-16,18H2,1-2H3,(H,38,46)(H,40,45)(H2,37,39,41);2*1H. The molecule has 4 N–H and O–H groups in total. The summed E-state index contributed by atoms with van der Waals surface area (Å²) in [5, 5.41) is 6.12. The first kappa shape index (κ1) is 37.2. The molecule has 4 aromatic rings. The molecule has 2 aromatic carbocycles. The Labute approximate surface area is 302 Å². The fourth-order valence-corrected chi connectivity index (χ4v) is 6.13. The van der Waals surface area contributed by atoms with Crippen LogP contribution in [0.3, 0.4) is 0 Å². The predicted octanol–water partition coefficient (Wildman–Crippen LogP) is 4.21. The first-order valence-corrected chi connectivity index (χ1v) is 15.9. The molecule has 49 heavy (non-hydrogen) atoms. The molecule has 0 aliphatic carbocycles. The fourth-order valence-electron chi connectivity index (χ4n) is 5.93. The summed E-state index contributed by atoms with van der Waals surface area (Å²) in [6, 6.07) is 14.2. The maximum absolute atomic E-state index is 13.2. The molecule has 4 heterocycles. The Hall–Kier alpha value is -4.60. The molecular weight excluding hydrogens is 687 g/mol. The van der Waals surface area contributed by atoms with Gasteiger partial charge in [0.05, 0.1) is 33.8 Å². The zero-order valence-electron chi connectivity index (χ0n) is 27.1. The van der Waals surface area contributed by atoms with E-state index in [0.29, 0.717) is 64.7 Å². The summed E-state index contributed by atoms with van der Waals surface area (Å²) < 4.78 is 1.95. The van der Waals surface area contributed by atoms with Crippen LogP contribution in [-0.4, -0.2) is 81.3 Å². The average Bonchev–Trinajstić information content (AvgIpc) is 3.42. The van der Waals surface area contributed by atoms with E-state index in [9.17, 15) is 14.4 Å². The number of benzene rings is 2. The van der Waals surface area contributed by atoms with Crippen molar-refractivity contribution in [3.8, 4) is 23.2 Å². The molecule has 0 saturated carbocycles. The number of nitrogens with two attached hydrogens (primary N) is 1. The third kappa shape index (κ3) is 8.35. The minimum absolute atomic E-state index is 0. The summed E-state index contributed by atoms with van der Waals surface area (Å²) in [5.41, 5.74) is 11.6. The van der Waals surface area contributed by atoms with Crippen molar-refractivity contribution in [1.82, 2.24) is 29.7 Å². The topological polar surface area (TPSA) is 138 Å². The van der Waals surface area contributed by atoms with Crippen LogP contribution in [-0.2, 0) is 24.7 Å². The lowest BCUT2D eigenvalue weighted by atomic mass is 10.1. The lowest BCUT2D eigenvalue weighted by Gasteiger charge is -2.34. The Kier molecular flexibility index (Phi) is 12.3. The first-order chi connectivity index (χ1) is 22.7. The van der Waals surface area contributed by atoms with Crippen molar-refractivity contribution in [1.29, 1.82) is 0 Å². The third-order valence-corrected chi connectivity index (χ3v) is 8.85. The smallest absolute Gasteiger partial charge is 0.255 e. The van der Waals surface area contributed by atoms with E-state index in [1.54, 1.807) is 29.3 Å². The number of fused-ring (bicyclic) bond motifs is 1. The number of hydrogen-bond donors (Lipinski definition) is 3. The van der Waals surface area contributed by atoms with E-state index in [2.05, 4.69) is 44.3 Å². The highest BCUT2D eigenvalue weighted by Gasteiger charge is 2.25. The van der Waals surface area contributed by atoms with Crippen LogP contribution in [0, 0.1) is 11.8 Å². The third-order valence-electron chi connectivity index (χ3n) is 8.52. The number of carbonyl (C=O) groups excluding carboxylic acids is 3. The highest BCUT2D eigenvalue weighted by Crippen LogP contribution is 2.28. The molecule has 2 aromatic heterocycles. The number of rotatable bonds is 6. The minimum Gasteiger partial charge on any atom is -0.368 e. The van der Waals surface area contributed by atoms with Gasteiger partial charge in [0.25, 0.3) is 11.8 Å². The first-order valence-electron chi connectivity index (χ1n) is 15.5. The zero-order valence-corrected chi connectivity index (χ0v) is 29.5. The Morgan fingerprint density at radius 1 is 1.06 bits per heavy atom. The Morgan fingerprint density at radius 2 is 1.84 bits per heavy atom. The summed E-state index contributed by atoms with van der Waals surface area (Å²) in [6.07, 6.45) is 2.39. The number of likely N-dealkylation sites (N-methyl/N-ethyl adjacent to an activating group) is 1. The number of halogens is 3. The molecular formula is C35H37Cl3N8O3. The van der Waals surface area contributed by atoms with Gasteiger partial charge >= 0.3 is 0 Å². The van der Waals surface area contributed by atoms with Gasteiger partial charge < -0.3 is 30.7 Å². The minimum atomic E-state index is -0.238. The molecule has 2 aliphatic rings. The van der Waals surface area contributed by atoms with Crippen LogP contribution >= 0.6 is 36.4 Å². The second-order valence-electron chi connectivity index (χ2n) is 11.5. The van der Waals surface area contributed by atoms with Crippen molar-refractivity contribution < 1.29 is 14.4 Å². The van der Waals surface area contributed by atoms with Crippen molar-refractivity contribution >= 4 is 65.8 Å². The normalized spacial score (nSPS) is 13.9. The van der Waals surface area contributed by atoms with Crippen molar-refractivity contribution in [2.75, 3.05) is 50.3 Å². The lowest BCUT2D eigenvalue weighted by Crippen LogP contribution is -2.48. The number of nitrogens with zero attached hydrogens (tertiary/aromatic N) is 5. The van der Waals surface area contributed by atoms with Crippen LogP contribution in [0.2, 0.25) is 5.02 Å². The van der Waals surface area contributed by atoms with E-state index in [4.69, 9.17) is 17.3 Å². The second-order valence-corrected chi connectivity index (χ2v) is 11.9. The predicted molar refractivity (Wildman–Crippen MR) is 196 cm³/mol. The maximum Gasteiger partial charge on any atom is 0.255 e. The molecule has 3 amide bonds. The second kappa shape index (κ2) is 16.2. The van der Waals surface area contributed by atoms with Crippen molar-refractivity contribution in [3.05, 3.63) is 93.3 Å². The van der Waals surface area contributed by atoms with Crippen LogP contribution in [0.15, 0.2) is 54.7 Å². The molecule has 0 atom stereocenters. The SMILES string of the molecule is CCN1CCN(C(=O)c2cc(NC(=O)Cc3cccc(C#Cc4cnc(N)nc4-c4cc5c(n4C)CCNC5=O)c3)ccc2Cl)CC1.Cl.Cl. The van der Waals surface area contributed by atoms with Crippen LogP contribution in [0.5, 0.6) is 0 Å². The number of nitrogen functional groups attached to an aromatic ring is 1. The van der Waals surface area contributed by atoms with Gasteiger partial charge in [0.1, 0.15) is 5.69 Å². The summed E-state index contributed by atoms with van der Waals surface area (Å²) in [6.45, 7) is 6.56. The molecule has 1 saturated heterocycles. The monoisotopic (exact) mass is 722 g/mol. The highest BCUT2D eigenvalue weighted by molar-refractivity contribution is 6.34. The summed E-state index contributed by atoms with van der Waals surface area (Å²) in [7, 11) is 1.90. The van der Waals surface area contributed by atoms with Crippen LogP contribution in [0.25, 0.3) is 11.4 Å². The van der Waals surface area contributed by atoms with E-state index < -0.39 is 0 Å². The maximum atomic E-state index is 13.2. The van der Waals surface area contributed by atoms with Gasteiger partial charge in [-0.3, -0.25) is 14.4 Å². The molecule has 14 heteroatoms. The van der Waals surface area contributed by atoms with Gasteiger partial charge in [-0.15, -0.1) is 24.8 Å². The highest BCUT2D eigenvalue weighted by atomic mass is 35.5. The number of amides is 3. The van der Waals surface area contributed by atoms with Gasteiger partial charge in [-0.1, -0.05) is 42.5 Å². The van der Waals surface area contributed by atoms with Crippen LogP contribution in [0.1, 0.15) is 50.0 Å². The van der Waals surface area contributed by atoms with E-state index in [-0.39, 0.29) is 54.9 Å². The molecule has 0 radical (unpaired) electrons. The van der Waals surface area contributed by atoms with Gasteiger partial charge in [-0.25, -0.2) is 9.97 Å². The number of aromatic nitrogens is 3. The Morgan fingerprint density at radius 3 is 2.57 bits per heavy atom. The van der Waals surface area contributed by atoms with Crippen molar-refractivity contribution in [2.45, 2.75) is 19.8 Å². The molecule has 2 aliphatic heterocycles. The fraction of sp³-hybridized carbons (Fsp3) is 0.286.